The maximum Gasteiger partial charge on any atom is 0.186 e. The minimum Gasteiger partial charge on any atom is -0.344 e. The van der Waals surface area contributed by atoms with Gasteiger partial charge in [-0.25, -0.2) is 0 Å². The van der Waals surface area contributed by atoms with Crippen molar-refractivity contribution in [2.45, 2.75) is 101 Å². The molecule has 2 saturated heterocycles. The van der Waals surface area contributed by atoms with Crippen LogP contribution in [0, 0.1) is 0 Å². The van der Waals surface area contributed by atoms with Gasteiger partial charge in [-0.15, -0.1) is 0 Å². The third-order valence-corrected chi connectivity index (χ3v) is 8.91. The number of hydrogen-bond donors (Lipinski definition) is 0. The summed E-state index contributed by atoms with van der Waals surface area (Å²) in [6, 6.07) is 4.49. The van der Waals surface area contributed by atoms with E-state index < -0.39 is 0 Å². The molecule has 6 unspecified atom stereocenters. The number of piperazine rings is 2. The Kier molecular flexibility index (Phi) is 6.71. The minimum absolute atomic E-state index is 0.722. The molecule has 1 saturated carbocycles. The molecule has 2 aliphatic heterocycles. The number of nitrogens with zero attached hydrogens (tertiary/aromatic N) is 4. The van der Waals surface area contributed by atoms with Crippen molar-refractivity contribution in [3.05, 3.63) is 11.6 Å². The first-order valence-electron chi connectivity index (χ1n) is 12.0. The fraction of sp³-hybridized carbons (Fsp3) is 0.900. The Bertz CT molecular complexity index is 576. The number of fused-ring (bicyclic) bond motifs is 2. The van der Waals surface area contributed by atoms with Crippen molar-refractivity contribution in [1.82, 2.24) is 19.2 Å². The molecule has 152 valence electrons. The van der Waals surface area contributed by atoms with E-state index in [2.05, 4.69) is 64.2 Å². The van der Waals surface area contributed by atoms with Crippen molar-refractivity contribution in [1.29, 1.82) is 0 Å². The van der Waals surface area contributed by atoms with Crippen molar-refractivity contribution in [2.24, 2.45) is 0 Å². The summed E-state index contributed by atoms with van der Waals surface area (Å²) in [5, 5.41) is 0. The monoisotopic (exact) mass is 380 g/mol. The molecule has 0 bridgehead atoms. The summed E-state index contributed by atoms with van der Waals surface area (Å²) in [4.78, 5) is 10.8. The van der Waals surface area contributed by atoms with Gasteiger partial charge in [0.15, 0.2) is 31.9 Å². The van der Waals surface area contributed by atoms with E-state index in [0.29, 0.717) is 0 Å². The van der Waals surface area contributed by atoms with Crippen molar-refractivity contribution >= 4 is 31.9 Å². The van der Waals surface area contributed by atoms with Gasteiger partial charge in [0.25, 0.3) is 0 Å². The normalized spacial score (nSPS) is 41.2. The predicted octanol–water partition coefficient (Wildman–Crippen LogP) is -0.890. The Morgan fingerprint density at radius 1 is 0.857 bits per heavy atom. The maximum atomic E-state index is 2.81. The largest absolute Gasteiger partial charge is 0.344 e. The van der Waals surface area contributed by atoms with Gasteiger partial charge in [-0.2, -0.15) is 0 Å². The standard InChI is InChI=1S/C20H40B4N4/c1-2-15-19(28(24)18-6-4-3-5-17(18)27(15)23)10-8-14-7-9-16-20(13-14)26(22)12-11-25(16)21/h7,15-20H,2-6,8-13,21-24H2,1H3. The molecule has 0 radical (unpaired) electrons. The summed E-state index contributed by atoms with van der Waals surface area (Å²) in [7, 11) is 9.53. The van der Waals surface area contributed by atoms with Crippen molar-refractivity contribution < 1.29 is 0 Å². The summed E-state index contributed by atoms with van der Waals surface area (Å²) < 4.78 is 0. The molecule has 6 atom stereocenters. The van der Waals surface area contributed by atoms with E-state index in [1.807, 2.05) is 0 Å². The van der Waals surface area contributed by atoms with E-state index in [1.165, 1.54) is 70.9 Å². The summed E-state index contributed by atoms with van der Waals surface area (Å²) in [5.74, 6) is 0. The van der Waals surface area contributed by atoms with Gasteiger partial charge >= 0.3 is 0 Å². The fourth-order valence-corrected chi connectivity index (χ4v) is 7.07. The molecule has 2 aliphatic carbocycles. The third-order valence-electron chi connectivity index (χ3n) is 8.91. The summed E-state index contributed by atoms with van der Waals surface area (Å²) >= 11 is 0. The van der Waals surface area contributed by atoms with Crippen LogP contribution in [0.3, 0.4) is 0 Å². The van der Waals surface area contributed by atoms with Crippen LogP contribution in [-0.2, 0) is 0 Å². The lowest BCUT2D eigenvalue weighted by Gasteiger charge is -2.57. The molecule has 0 spiro atoms. The van der Waals surface area contributed by atoms with Crippen LogP contribution >= 0.6 is 0 Å². The highest BCUT2D eigenvalue weighted by molar-refractivity contribution is 6.07. The topological polar surface area (TPSA) is 13.0 Å². The second-order valence-electron chi connectivity index (χ2n) is 10.2. The van der Waals surface area contributed by atoms with E-state index in [1.54, 1.807) is 5.57 Å². The lowest BCUT2D eigenvalue weighted by Crippen LogP contribution is -2.67. The average Bonchev–Trinajstić information content (AvgIpc) is 2.72. The van der Waals surface area contributed by atoms with E-state index in [-0.39, 0.29) is 0 Å². The molecule has 4 nitrogen and oxygen atoms in total. The molecule has 0 aromatic heterocycles. The summed E-state index contributed by atoms with van der Waals surface area (Å²) in [5.41, 5.74) is 1.74. The van der Waals surface area contributed by atoms with E-state index >= 15 is 0 Å². The van der Waals surface area contributed by atoms with Crippen LogP contribution in [0.4, 0.5) is 0 Å². The van der Waals surface area contributed by atoms with Gasteiger partial charge in [-0.05, 0) is 58.0 Å². The van der Waals surface area contributed by atoms with Gasteiger partial charge in [0.05, 0.1) is 0 Å². The van der Waals surface area contributed by atoms with Gasteiger partial charge in [0.2, 0.25) is 0 Å². The second kappa shape index (κ2) is 8.91. The molecule has 4 rings (SSSR count). The first-order valence-corrected chi connectivity index (χ1v) is 12.0. The first kappa shape index (κ1) is 21.1. The quantitative estimate of drug-likeness (QED) is 0.464. The van der Waals surface area contributed by atoms with Crippen LogP contribution < -0.4 is 0 Å². The zero-order valence-corrected chi connectivity index (χ0v) is 19.1. The highest BCUT2D eigenvalue weighted by Crippen LogP contribution is 2.37. The van der Waals surface area contributed by atoms with Crippen LogP contribution in [-0.4, -0.2) is 101 Å². The summed E-state index contributed by atoms with van der Waals surface area (Å²) in [6.07, 6.45) is 14.7. The minimum atomic E-state index is 0.722. The molecule has 28 heavy (non-hydrogen) atoms. The first-order chi connectivity index (χ1) is 13.5. The van der Waals surface area contributed by atoms with Crippen LogP contribution in [0.5, 0.6) is 0 Å². The molecule has 0 N–H and O–H groups in total. The van der Waals surface area contributed by atoms with E-state index in [4.69, 9.17) is 0 Å². The maximum absolute atomic E-state index is 2.81. The lowest BCUT2D eigenvalue weighted by molar-refractivity contribution is 0.00861. The molecule has 8 heteroatoms. The average molecular weight is 380 g/mol. The van der Waals surface area contributed by atoms with Crippen LogP contribution in [0.1, 0.15) is 64.7 Å². The van der Waals surface area contributed by atoms with Gasteiger partial charge < -0.3 is 19.2 Å². The second-order valence-corrected chi connectivity index (χ2v) is 10.2. The van der Waals surface area contributed by atoms with Crippen molar-refractivity contribution in [3.8, 4) is 0 Å². The van der Waals surface area contributed by atoms with Gasteiger partial charge in [0, 0.05) is 36.3 Å². The lowest BCUT2D eigenvalue weighted by atomic mass is 9.76. The van der Waals surface area contributed by atoms with Crippen LogP contribution in [0.15, 0.2) is 11.6 Å². The fourth-order valence-electron chi connectivity index (χ4n) is 7.07. The molecule has 0 amide bonds. The Hall–Kier alpha value is -0.160. The van der Waals surface area contributed by atoms with Gasteiger partial charge in [-0.3, -0.25) is 0 Å². The SMILES string of the molecule is BN1CCN(B)C2CC(CCC3C(CC)N(B)C4CCCCC4N3B)=CCC21. The highest BCUT2D eigenvalue weighted by Gasteiger charge is 2.43. The Morgan fingerprint density at radius 2 is 1.46 bits per heavy atom. The zero-order valence-electron chi connectivity index (χ0n) is 19.1. The van der Waals surface area contributed by atoms with Crippen molar-refractivity contribution in [3.63, 3.8) is 0 Å². The Labute approximate surface area is 177 Å². The molecular formula is C20H40B4N4. The van der Waals surface area contributed by atoms with Crippen LogP contribution in [0.25, 0.3) is 0 Å². The Morgan fingerprint density at radius 3 is 2.11 bits per heavy atom. The van der Waals surface area contributed by atoms with Crippen molar-refractivity contribution in [2.75, 3.05) is 13.1 Å². The number of rotatable bonds is 4. The molecule has 0 aromatic rings. The van der Waals surface area contributed by atoms with E-state index in [9.17, 15) is 0 Å². The molecule has 3 fully saturated rings. The molecule has 0 aromatic carbocycles. The van der Waals surface area contributed by atoms with E-state index in [0.717, 1.165) is 36.3 Å². The molecule has 2 heterocycles. The predicted molar refractivity (Wildman–Crippen MR) is 129 cm³/mol. The number of hydrogen-bond acceptors (Lipinski definition) is 4. The Balaban J connectivity index is 1.42. The van der Waals surface area contributed by atoms with Gasteiger partial charge in [0.1, 0.15) is 0 Å². The van der Waals surface area contributed by atoms with Gasteiger partial charge in [-0.1, -0.05) is 31.4 Å². The smallest absolute Gasteiger partial charge is 0.186 e. The zero-order chi connectivity index (χ0) is 19.8. The molecular weight excluding hydrogens is 339 g/mol. The van der Waals surface area contributed by atoms with Crippen LogP contribution in [0.2, 0.25) is 0 Å². The highest BCUT2D eigenvalue weighted by atomic mass is 15.3. The molecule has 4 aliphatic rings. The summed E-state index contributed by atoms with van der Waals surface area (Å²) in [6.45, 7) is 4.85. The third kappa shape index (κ3) is 3.91.